The molecule has 20 heavy (non-hydrogen) atoms. The largest absolute Gasteiger partial charge is 0.494 e. The highest BCUT2D eigenvalue weighted by atomic mass is 16.6. The van der Waals surface area contributed by atoms with Crippen LogP contribution in [-0.2, 0) is 25.5 Å². The quantitative estimate of drug-likeness (QED) is 0.827. The second-order valence-electron chi connectivity index (χ2n) is 4.26. The first-order valence-corrected chi connectivity index (χ1v) is 6.19. The molecule has 0 aromatic heterocycles. The lowest BCUT2D eigenvalue weighted by atomic mass is 10.1. The van der Waals surface area contributed by atoms with Gasteiger partial charge in [-0.1, -0.05) is 30.3 Å². The monoisotopic (exact) mass is 277 g/mol. The lowest BCUT2D eigenvalue weighted by Gasteiger charge is -2.18. The molecule has 0 radical (unpaired) electrons. The van der Waals surface area contributed by atoms with E-state index in [1.807, 2.05) is 30.3 Å². The highest BCUT2D eigenvalue weighted by Gasteiger charge is 2.24. The molecule has 1 heterocycles. The van der Waals surface area contributed by atoms with Crippen molar-refractivity contribution in [1.29, 1.82) is 0 Å². The van der Waals surface area contributed by atoms with E-state index in [9.17, 15) is 14.7 Å². The summed E-state index contributed by atoms with van der Waals surface area (Å²) in [7, 11) is 0. The molecule has 2 rings (SSSR count). The van der Waals surface area contributed by atoms with Gasteiger partial charge in [-0.25, -0.2) is 4.79 Å². The standard InChI is InChI=1S/C14H15NO5/c16-13(12-9-19-6-7-20-12)15-11(14(17)18)8-10-4-2-1-3-5-10/h1-5,9,11H,6-8H2,(H,15,16)(H,17,18). The Morgan fingerprint density at radius 1 is 1.25 bits per heavy atom. The van der Waals surface area contributed by atoms with Gasteiger partial charge in [-0.05, 0) is 5.56 Å². The van der Waals surface area contributed by atoms with Crippen molar-refractivity contribution in [3.8, 4) is 0 Å². The van der Waals surface area contributed by atoms with Crippen LogP contribution in [0.2, 0.25) is 0 Å². The van der Waals surface area contributed by atoms with Gasteiger partial charge in [0.1, 0.15) is 25.5 Å². The second-order valence-corrected chi connectivity index (χ2v) is 4.26. The summed E-state index contributed by atoms with van der Waals surface area (Å²) in [5.74, 6) is -1.69. The van der Waals surface area contributed by atoms with E-state index in [2.05, 4.69) is 5.32 Å². The number of hydrogen-bond donors (Lipinski definition) is 2. The molecule has 0 fully saturated rings. The molecule has 0 saturated heterocycles. The van der Waals surface area contributed by atoms with Crippen LogP contribution in [0.3, 0.4) is 0 Å². The van der Waals surface area contributed by atoms with Gasteiger partial charge in [-0.15, -0.1) is 0 Å². The number of carbonyl (C=O) groups is 2. The lowest BCUT2D eigenvalue weighted by Crippen LogP contribution is -2.43. The van der Waals surface area contributed by atoms with E-state index < -0.39 is 17.9 Å². The number of amides is 1. The topological polar surface area (TPSA) is 84.9 Å². The average Bonchev–Trinajstić information content (AvgIpc) is 2.48. The van der Waals surface area contributed by atoms with E-state index in [0.717, 1.165) is 5.56 Å². The summed E-state index contributed by atoms with van der Waals surface area (Å²) in [6, 6.07) is 8.07. The zero-order valence-electron chi connectivity index (χ0n) is 10.7. The first kappa shape index (κ1) is 13.9. The normalized spacial score (nSPS) is 15.3. The van der Waals surface area contributed by atoms with Crippen molar-refractivity contribution in [2.24, 2.45) is 0 Å². The summed E-state index contributed by atoms with van der Waals surface area (Å²) in [6.07, 6.45) is 1.40. The number of nitrogens with one attached hydrogen (secondary N) is 1. The van der Waals surface area contributed by atoms with Gasteiger partial charge < -0.3 is 19.9 Å². The van der Waals surface area contributed by atoms with Crippen molar-refractivity contribution in [1.82, 2.24) is 5.32 Å². The molecule has 1 atom stereocenters. The molecular weight excluding hydrogens is 262 g/mol. The first-order chi connectivity index (χ1) is 9.66. The minimum atomic E-state index is -1.10. The van der Waals surface area contributed by atoms with Crippen LogP contribution < -0.4 is 5.32 Å². The Morgan fingerprint density at radius 3 is 2.60 bits per heavy atom. The third-order valence-electron chi connectivity index (χ3n) is 2.76. The van der Waals surface area contributed by atoms with Crippen molar-refractivity contribution >= 4 is 11.9 Å². The van der Waals surface area contributed by atoms with Crippen LogP contribution in [0.5, 0.6) is 0 Å². The third kappa shape index (κ3) is 3.74. The SMILES string of the molecule is O=C(NC(Cc1ccccc1)C(=O)O)C1=COCCO1. The van der Waals surface area contributed by atoms with Crippen molar-refractivity contribution in [3.05, 3.63) is 47.9 Å². The Balaban J connectivity index is 2.00. The molecule has 2 N–H and O–H groups in total. The molecule has 1 aliphatic heterocycles. The van der Waals surface area contributed by atoms with Crippen LogP contribution in [0.25, 0.3) is 0 Å². The Labute approximate surface area is 116 Å². The number of carboxylic acid groups (broad SMARTS) is 1. The number of hydrogen-bond acceptors (Lipinski definition) is 4. The number of aliphatic carboxylic acids is 1. The van der Waals surface area contributed by atoms with Gasteiger partial charge in [0.15, 0.2) is 0 Å². The molecule has 0 bridgehead atoms. The van der Waals surface area contributed by atoms with Crippen molar-refractivity contribution in [3.63, 3.8) is 0 Å². The number of rotatable bonds is 5. The van der Waals surface area contributed by atoms with Crippen molar-refractivity contribution < 1.29 is 24.2 Å². The molecule has 6 nitrogen and oxygen atoms in total. The fraction of sp³-hybridized carbons (Fsp3) is 0.286. The number of carboxylic acids is 1. The Morgan fingerprint density at radius 2 is 2.00 bits per heavy atom. The van der Waals surface area contributed by atoms with E-state index >= 15 is 0 Å². The summed E-state index contributed by atoms with van der Waals surface area (Å²) in [6.45, 7) is 0.652. The zero-order chi connectivity index (χ0) is 14.4. The summed E-state index contributed by atoms with van der Waals surface area (Å²) >= 11 is 0. The maximum atomic E-state index is 11.9. The first-order valence-electron chi connectivity index (χ1n) is 6.19. The fourth-order valence-corrected chi connectivity index (χ4v) is 1.77. The second kappa shape index (κ2) is 6.60. The van der Waals surface area contributed by atoms with Crippen molar-refractivity contribution in [2.45, 2.75) is 12.5 Å². The van der Waals surface area contributed by atoms with Gasteiger partial charge in [-0.3, -0.25) is 4.79 Å². The number of benzene rings is 1. The summed E-state index contributed by atoms with van der Waals surface area (Å²) in [5, 5.41) is 11.6. The molecule has 106 valence electrons. The van der Waals surface area contributed by atoms with E-state index in [1.54, 1.807) is 0 Å². The Kier molecular flexibility index (Phi) is 4.60. The lowest BCUT2D eigenvalue weighted by molar-refractivity contribution is -0.141. The molecule has 1 aromatic rings. The molecule has 1 amide bonds. The molecule has 1 unspecified atom stereocenters. The Bertz CT molecular complexity index is 512. The predicted octanol–water partition coefficient (Wildman–Crippen LogP) is 0.687. The van der Waals surface area contributed by atoms with Crippen LogP contribution >= 0.6 is 0 Å². The highest BCUT2D eigenvalue weighted by Crippen LogP contribution is 2.07. The van der Waals surface area contributed by atoms with Gasteiger partial charge >= 0.3 is 5.97 Å². The predicted molar refractivity (Wildman–Crippen MR) is 69.7 cm³/mol. The maximum absolute atomic E-state index is 11.9. The minimum absolute atomic E-state index is 0.00411. The van der Waals surface area contributed by atoms with Gasteiger partial charge in [0.05, 0.1) is 0 Å². The smallest absolute Gasteiger partial charge is 0.326 e. The van der Waals surface area contributed by atoms with Crippen LogP contribution in [0.1, 0.15) is 5.56 Å². The van der Waals surface area contributed by atoms with Gasteiger partial charge in [0.25, 0.3) is 5.91 Å². The van der Waals surface area contributed by atoms with Crippen LogP contribution in [0.15, 0.2) is 42.4 Å². The van der Waals surface area contributed by atoms with E-state index in [4.69, 9.17) is 9.47 Å². The molecule has 1 aromatic carbocycles. The Hall–Kier alpha value is -2.50. The van der Waals surface area contributed by atoms with Crippen LogP contribution in [0.4, 0.5) is 0 Å². The van der Waals surface area contributed by atoms with Gasteiger partial charge in [0, 0.05) is 6.42 Å². The number of carbonyl (C=O) groups excluding carboxylic acids is 1. The molecule has 1 aliphatic rings. The summed E-state index contributed by atoms with van der Waals surface area (Å²) in [4.78, 5) is 23.1. The highest BCUT2D eigenvalue weighted by molar-refractivity contribution is 5.94. The number of ether oxygens (including phenoxy) is 2. The van der Waals surface area contributed by atoms with Crippen LogP contribution in [-0.4, -0.2) is 36.2 Å². The third-order valence-corrected chi connectivity index (χ3v) is 2.76. The summed E-state index contributed by atoms with van der Waals surface area (Å²) < 4.78 is 10.1. The van der Waals surface area contributed by atoms with E-state index in [1.165, 1.54) is 6.26 Å². The van der Waals surface area contributed by atoms with Gasteiger partial charge in [0.2, 0.25) is 5.76 Å². The van der Waals surface area contributed by atoms with Crippen LogP contribution in [0, 0.1) is 0 Å². The van der Waals surface area contributed by atoms with Crippen molar-refractivity contribution in [2.75, 3.05) is 13.2 Å². The van der Waals surface area contributed by atoms with E-state index in [0.29, 0.717) is 6.61 Å². The molecule has 6 heteroatoms. The minimum Gasteiger partial charge on any atom is -0.494 e. The fourth-order valence-electron chi connectivity index (χ4n) is 1.77. The molecule has 0 spiro atoms. The molecule has 0 saturated carbocycles. The average molecular weight is 277 g/mol. The van der Waals surface area contributed by atoms with E-state index in [-0.39, 0.29) is 18.8 Å². The molecule has 0 aliphatic carbocycles. The zero-order valence-corrected chi connectivity index (χ0v) is 10.7. The summed E-state index contributed by atoms with van der Waals surface area (Å²) in [5.41, 5.74) is 0.829. The molecular formula is C14H15NO5. The maximum Gasteiger partial charge on any atom is 0.326 e. The van der Waals surface area contributed by atoms with Gasteiger partial charge in [-0.2, -0.15) is 0 Å².